The fourth-order valence-electron chi connectivity index (χ4n) is 4.24. The number of hydrogen-bond acceptors (Lipinski definition) is 5. The maximum atomic E-state index is 12.6. The summed E-state index contributed by atoms with van der Waals surface area (Å²) in [5, 5.41) is 4.06. The maximum Gasteiger partial charge on any atom is 0.230 e. The summed E-state index contributed by atoms with van der Waals surface area (Å²) in [4.78, 5) is 19.5. The van der Waals surface area contributed by atoms with E-state index in [-0.39, 0.29) is 11.9 Å². The normalized spacial score (nSPS) is 14.9. The molecule has 1 aliphatic heterocycles. The smallest absolute Gasteiger partial charge is 0.230 e. The molecule has 3 aromatic rings. The lowest BCUT2D eigenvalue weighted by Gasteiger charge is -2.32. The predicted octanol–water partition coefficient (Wildman–Crippen LogP) is 4.37. The average Bonchev–Trinajstić information content (AvgIpc) is 3.29. The minimum atomic E-state index is 0.0711. The highest BCUT2D eigenvalue weighted by Crippen LogP contribution is 2.24. The molecule has 0 bridgehead atoms. The van der Waals surface area contributed by atoms with Crippen LogP contribution in [-0.4, -0.2) is 52.4 Å². The average molecular weight is 465 g/mol. The molecule has 0 saturated carbocycles. The molecule has 174 valence electrons. The molecule has 1 N–H and O–H groups in total. The molecule has 0 atom stereocenters. The number of ether oxygens (including phenoxy) is 1. The minimum absolute atomic E-state index is 0.0711. The van der Waals surface area contributed by atoms with Crippen LogP contribution in [0.3, 0.4) is 0 Å². The zero-order valence-corrected chi connectivity index (χ0v) is 20.4. The number of amides is 1. The van der Waals surface area contributed by atoms with Gasteiger partial charge in [-0.2, -0.15) is 0 Å². The fourth-order valence-corrected chi connectivity index (χ4v) is 5.02. The van der Waals surface area contributed by atoms with Crippen LogP contribution in [0, 0.1) is 13.8 Å². The molecule has 2 heterocycles. The zero-order valence-electron chi connectivity index (χ0n) is 19.6. The van der Waals surface area contributed by atoms with Gasteiger partial charge in [-0.3, -0.25) is 14.3 Å². The Bertz CT molecular complexity index is 1090. The number of methoxy groups -OCH3 is 1. The van der Waals surface area contributed by atoms with Crippen LogP contribution in [0.25, 0.3) is 5.69 Å². The van der Waals surface area contributed by atoms with Crippen LogP contribution in [0.4, 0.5) is 0 Å². The second-order valence-electron chi connectivity index (χ2n) is 8.56. The van der Waals surface area contributed by atoms with Crippen LogP contribution in [0.2, 0.25) is 0 Å². The van der Waals surface area contributed by atoms with E-state index in [4.69, 9.17) is 4.74 Å². The Hall–Kier alpha value is -2.77. The van der Waals surface area contributed by atoms with Crippen molar-refractivity contribution in [1.29, 1.82) is 0 Å². The summed E-state index contributed by atoms with van der Waals surface area (Å²) in [5.41, 5.74) is 4.83. The number of likely N-dealkylation sites (tertiary alicyclic amines) is 1. The molecule has 0 aliphatic carbocycles. The molecule has 0 spiro atoms. The van der Waals surface area contributed by atoms with Gasteiger partial charge < -0.3 is 10.1 Å². The number of nitrogens with zero attached hydrogens (tertiary/aromatic N) is 3. The number of piperidine rings is 1. The number of carbonyl (C=O) groups excluding carboxylic acids is 1. The number of rotatable bonds is 8. The third kappa shape index (κ3) is 5.97. The number of thioether (sulfide) groups is 1. The molecule has 7 heteroatoms. The monoisotopic (exact) mass is 464 g/mol. The number of imidazole rings is 1. The van der Waals surface area contributed by atoms with Gasteiger partial charge in [0.2, 0.25) is 5.91 Å². The van der Waals surface area contributed by atoms with Crippen LogP contribution in [0.1, 0.15) is 29.5 Å². The molecule has 1 amide bonds. The third-order valence-corrected chi connectivity index (χ3v) is 7.23. The van der Waals surface area contributed by atoms with Crippen molar-refractivity contribution in [2.24, 2.45) is 0 Å². The molecule has 6 nitrogen and oxygen atoms in total. The van der Waals surface area contributed by atoms with Gasteiger partial charge in [0, 0.05) is 38.1 Å². The summed E-state index contributed by atoms with van der Waals surface area (Å²) in [5.74, 6) is 1.33. The molecular formula is C26H32N4O2S. The van der Waals surface area contributed by atoms with E-state index >= 15 is 0 Å². The molecule has 0 radical (unpaired) electrons. The Balaban J connectivity index is 1.25. The molecule has 1 fully saturated rings. The van der Waals surface area contributed by atoms with Crippen LogP contribution in [-0.2, 0) is 11.3 Å². The Labute approximate surface area is 200 Å². The minimum Gasteiger partial charge on any atom is -0.497 e. The highest BCUT2D eigenvalue weighted by molar-refractivity contribution is 7.99. The second kappa shape index (κ2) is 10.9. The van der Waals surface area contributed by atoms with E-state index in [0.29, 0.717) is 5.75 Å². The van der Waals surface area contributed by atoms with Crippen LogP contribution >= 0.6 is 11.8 Å². The Morgan fingerprint density at radius 3 is 2.76 bits per heavy atom. The maximum absolute atomic E-state index is 12.6. The lowest BCUT2D eigenvalue weighted by Crippen LogP contribution is -2.44. The van der Waals surface area contributed by atoms with Gasteiger partial charge in [0.1, 0.15) is 5.75 Å². The summed E-state index contributed by atoms with van der Waals surface area (Å²) >= 11 is 1.48. The quantitative estimate of drug-likeness (QED) is 0.502. The molecule has 33 heavy (non-hydrogen) atoms. The number of hydrogen-bond donors (Lipinski definition) is 1. The van der Waals surface area contributed by atoms with Gasteiger partial charge in [-0.05, 0) is 61.6 Å². The number of aryl methyl sites for hydroxylation is 1. The van der Waals surface area contributed by atoms with Gasteiger partial charge in [0.25, 0.3) is 0 Å². The molecule has 2 aromatic carbocycles. The van der Waals surface area contributed by atoms with Gasteiger partial charge in [-0.1, -0.05) is 36.0 Å². The van der Waals surface area contributed by atoms with Gasteiger partial charge in [0.05, 0.1) is 18.6 Å². The van der Waals surface area contributed by atoms with E-state index in [9.17, 15) is 4.79 Å². The summed E-state index contributed by atoms with van der Waals surface area (Å²) < 4.78 is 7.39. The predicted molar refractivity (Wildman–Crippen MR) is 133 cm³/mol. The van der Waals surface area contributed by atoms with Crippen molar-refractivity contribution >= 4 is 17.7 Å². The molecule has 1 aromatic heterocycles. The van der Waals surface area contributed by atoms with Crippen molar-refractivity contribution in [2.75, 3.05) is 26.0 Å². The first-order valence-corrected chi connectivity index (χ1v) is 12.4. The Kier molecular flexibility index (Phi) is 7.73. The number of benzene rings is 2. The first kappa shape index (κ1) is 23.4. The summed E-state index contributed by atoms with van der Waals surface area (Å²) in [7, 11) is 1.70. The number of aromatic nitrogens is 2. The lowest BCUT2D eigenvalue weighted by molar-refractivity contribution is -0.119. The van der Waals surface area contributed by atoms with Crippen molar-refractivity contribution in [3.05, 3.63) is 71.5 Å². The van der Waals surface area contributed by atoms with E-state index in [0.717, 1.165) is 49.1 Å². The number of nitrogens with one attached hydrogen (secondary N) is 1. The van der Waals surface area contributed by atoms with Gasteiger partial charge >= 0.3 is 0 Å². The highest BCUT2D eigenvalue weighted by atomic mass is 32.2. The van der Waals surface area contributed by atoms with Gasteiger partial charge in [-0.25, -0.2) is 4.98 Å². The van der Waals surface area contributed by atoms with E-state index in [1.165, 1.54) is 28.5 Å². The molecule has 4 rings (SSSR count). The largest absolute Gasteiger partial charge is 0.497 e. The van der Waals surface area contributed by atoms with E-state index in [1.807, 2.05) is 18.3 Å². The van der Waals surface area contributed by atoms with Crippen molar-refractivity contribution in [1.82, 2.24) is 19.8 Å². The van der Waals surface area contributed by atoms with E-state index in [2.05, 4.69) is 63.9 Å². The number of carbonyl (C=O) groups is 1. The third-order valence-electron chi connectivity index (χ3n) is 6.27. The van der Waals surface area contributed by atoms with Crippen LogP contribution in [0.5, 0.6) is 5.75 Å². The van der Waals surface area contributed by atoms with Crippen LogP contribution < -0.4 is 10.1 Å². The summed E-state index contributed by atoms with van der Waals surface area (Å²) in [6.45, 7) is 7.10. The molecule has 1 aliphatic rings. The van der Waals surface area contributed by atoms with Gasteiger partial charge in [0.15, 0.2) is 5.16 Å². The van der Waals surface area contributed by atoms with Crippen molar-refractivity contribution < 1.29 is 9.53 Å². The first-order chi connectivity index (χ1) is 16.0. The summed E-state index contributed by atoms with van der Waals surface area (Å²) in [6.07, 6.45) is 5.69. The zero-order chi connectivity index (χ0) is 23.2. The topological polar surface area (TPSA) is 59.4 Å². The molecule has 0 unspecified atom stereocenters. The summed E-state index contributed by atoms with van der Waals surface area (Å²) in [6, 6.07) is 14.7. The second-order valence-corrected chi connectivity index (χ2v) is 9.50. The first-order valence-electron chi connectivity index (χ1n) is 11.4. The molecule has 1 saturated heterocycles. The highest BCUT2D eigenvalue weighted by Gasteiger charge is 2.21. The van der Waals surface area contributed by atoms with Crippen molar-refractivity contribution in [2.45, 2.75) is 44.4 Å². The SMILES string of the molecule is COc1cccc(CN2CCC(NC(=O)CSc3nccn3-c3cccc(C)c3C)CC2)c1. The Morgan fingerprint density at radius 2 is 1.97 bits per heavy atom. The van der Waals surface area contributed by atoms with Gasteiger partial charge in [-0.15, -0.1) is 0 Å². The van der Waals surface area contributed by atoms with E-state index in [1.54, 1.807) is 13.3 Å². The van der Waals surface area contributed by atoms with E-state index < -0.39 is 0 Å². The Morgan fingerprint density at radius 1 is 1.18 bits per heavy atom. The lowest BCUT2D eigenvalue weighted by atomic mass is 10.0. The fraction of sp³-hybridized carbons (Fsp3) is 0.385. The standard InChI is InChI=1S/C26H32N4O2S/c1-19-6-4-9-24(20(19)2)30-15-12-27-26(30)33-18-25(31)28-22-10-13-29(14-11-22)17-21-7-5-8-23(16-21)32-3/h4-9,12,15-16,22H,10-11,13-14,17-18H2,1-3H3,(H,28,31). The van der Waals surface area contributed by atoms with Crippen LogP contribution in [0.15, 0.2) is 60.0 Å². The van der Waals surface area contributed by atoms with Crippen molar-refractivity contribution in [3.8, 4) is 11.4 Å². The van der Waals surface area contributed by atoms with Crippen molar-refractivity contribution in [3.63, 3.8) is 0 Å². The molecular weight excluding hydrogens is 432 g/mol.